The van der Waals surface area contributed by atoms with E-state index in [9.17, 15) is 13.2 Å². The molecule has 1 heterocycles. The van der Waals surface area contributed by atoms with Gasteiger partial charge in [0.25, 0.3) is 0 Å². The molecular formula is C25H15F3N2S. The van der Waals surface area contributed by atoms with Crippen LogP contribution in [0, 0.1) is 0 Å². The van der Waals surface area contributed by atoms with E-state index in [1.807, 2.05) is 48.5 Å². The van der Waals surface area contributed by atoms with Gasteiger partial charge in [-0.2, -0.15) is 13.2 Å². The van der Waals surface area contributed by atoms with Crippen LogP contribution in [0.4, 0.5) is 18.3 Å². The van der Waals surface area contributed by atoms with Gasteiger partial charge in [-0.25, -0.2) is 9.98 Å². The molecule has 0 unspecified atom stereocenters. The number of halogens is 3. The average Bonchev–Trinajstić information content (AvgIpc) is 3.22. The van der Waals surface area contributed by atoms with E-state index < -0.39 is 11.9 Å². The molecule has 0 fully saturated rings. The molecule has 0 amide bonds. The number of thiazole rings is 1. The number of nitrogens with zero attached hydrogens (tertiary/aromatic N) is 2. The van der Waals surface area contributed by atoms with Gasteiger partial charge in [0.05, 0.1) is 4.88 Å². The van der Waals surface area contributed by atoms with Gasteiger partial charge in [-0.05, 0) is 33.2 Å². The van der Waals surface area contributed by atoms with Crippen LogP contribution < -0.4 is 0 Å². The van der Waals surface area contributed by atoms with Crippen LogP contribution in [0.5, 0.6) is 0 Å². The molecule has 0 bridgehead atoms. The van der Waals surface area contributed by atoms with Crippen molar-refractivity contribution in [3.63, 3.8) is 0 Å². The fourth-order valence-electron chi connectivity index (χ4n) is 3.65. The minimum Gasteiger partial charge on any atom is -0.227 e. The maximum absolute atomic E-state index is 13.6. The number of hydrogen-bond acceptors (Lipinski definition) is 3. The first kappa shape index (κ1) is 19.5. The molecule has 152 valence electrons. The first-order valence-electron chi connectivity index (χ1n) is 9.59. The summed E-state index contributed by atoms with van der Waals surface area (Å²) in [6.45, 7) is 0. The summed E-state index contributed by atoms with van der Waals surface area (Å²) >= 11 is 0.940. The van der Waals surface area contributed by atoms with Crippen molar-refractivity contribution in [2.75, 3.05) is 0 Å². The van der Waals surface area contributed by atoms with Gasteiger partial charge < -0.3 is 0 Å². The third-order valence-corrected chi connectivity index (χ3v) is 6.05. The van der Waals surface area contributed by atoms with E-state index in [-0.39, 0.29) is 10.0 Å². The monoisotopic (exact) mass is 432 g/mol. The molecule has 2 nitrogen and oxygen atoms in total. The number of aliphatic imine (C=N–C) groups is 1. The Morgan fingerprint density at radius 2 is 1.35 bits per heavy atom. The van der Waals surface area contributed by atoms with Crippen LogP contribution in [0.2, 0.25) is 0 Å². The predicted octanol–water partition coefficient (Wildman–Crippen LogP) is 7.89. The molecule has 5 aromatic rings. The highest BCUT2D eigenvalue weighted by Gasteiger charge is 2.37. The second-order valence-electron chi connectivity index (χ2n) is 7.03. The van der Waals surface area contributed by atoms with Gasteiger partial charge >= 0.3 is 6.18 Å². The van der Waals surface area contributed by atoms with E-state index in [1.54, 1.807) is 36.5 Å². The van der Waals surface area contributed by atoms with Gasteiger partial charge in [0.2, 0.25) is 5.13 Å². The number of aromatic nitrogens is 1. The lowest BCUT2D eigenvalue weighted by molar-refractivity contribution is -0.140. The van der Waals surface area contributed by atoms with Crippen LogP contribution in [-0.2, 0) is 6.18 Å². The Bertz CT molecular complexity index is 1370. The van der Waals surface area contributed by atoms with Crippen molar-refractivity contribution in [2.24, 2.45) is 4.99 Å². The van der Waals surface area contributed by atoms with Gasteiger partial charge in [-0.1, -0.05) is 90.2 Å². The SMILES string of the molecule is FC(F)(F)c1nc(/N=C/c2c3ccccc3cc3ccccc23)sc1-c1ccccc1. The summed E-state index contributed by atoms with van der Waals surface area (Å²) in [5.74, 6) is 0. The summed E-state index contributed by atoms with van der Waals surface area (Å²) in [7, 11) is 0. The Morgan fingerprint density at radius 1 is 0.774 bits per heavy atom. The van der Waals surface area contributed by atoms with Crippen LogP contribution in [0.25, 0.3) is 32.0 Å². The number of rotatable bonds is 3. The quantitative estimate of drug-likeness (QED) is 0.210. The second kappa shape index (κ2) is 7.63. The Labute approximate surface area is 180 Å². The van der Waals surface area contributed by atoms with Crippen molar-refractivity contribution in [3.8, 4) is 10.4 Å². The molecule has 0 spiro atoms. The molecule has 0 saturated heterocycles. The molecule has 0 saturated carbocycles. The Hall–Kier alpha value is -3.51. The molecule has 6 heteroatoms. The van der Waals surface area contributed by atoms with E-state index >= 15 is 0 Å². The fraction of sp³-hybridized carbons (Fsp3) is 0.0400. The number of hydrogen-bond donors (Lipinski definition) is 0. The Kier molecular flexibility index (Phi) is 4.79. The van der Waals surface area contributed by atoms with E-state index in [2.05, 4.69) is 16.0 Å². The van der Waals surface area contributed by atoms with E-state index in [0.717, 1.165) is 38.4 Å². The topological polar surface area (TPSA) is 25.2 Å². The standard InChI is InChI=1S/C25H15F3N2S/c26-25(27,28)23-22(16-8-2-1-3-9-16)31-24(30-23)29-15-21-19-12-6-4-10-17(19)14-18-11-5-7-13-20(18)21/h1-15H/b29-15+. The largest absolute Gasteiger partial charge is 0.434 e. The zero-order valence-electron chi connectivity index (χ0n) is 16.1. The van der Waals surface area contributed by atoms with Crippen LogP contribution >= 0.6 is 11.3 Å². The first-order valence-corrected chi connectivity index (χ1v) is 10.4. The maximum Gasteiger partial charge on any atom is 0.434 e. The highest BCUT2D eigenvalue weighted by Crippen LogP contribution is 2.42. The van der Waals surface area contributed by atoms with Crippen molar-refractivity contribution < 1.29 is 13.2 Å². The molecule has 0 aliphatic rings. The minimum atomic E-state index is -4.55. The molecular weight excluding hydrogens is 417 g/mol. The predicted molar refractivity (Wildman–Crippen MR) is 121 cm³/mol. The van der Waals surface area contributed by atoms with Crippen molar-refractivity contribution in [3.05, 3.63) is 96.2 Å². The zero-order valence-corrected chi connectivity index (χ0v) is 16.9. The Morgan fingerprint density at radius 3 is 1.97 bits per heavy atom. The van der Waals surface area contributed by atoms with Crippen LogP contribution in [0.1, 0.15) is 11.3 Å². The lowest BCUT2D eigenvalue weighted by Crippen LogP contribution is -2.06. The van der Waals surface area contributed by atoms with E-state index in [1.165, 1.54) is 0 Å². The molecule has 5 rings (SSSR count). The van der Waals surface area contributed by atoms with Crippen LogP contribution in [0.15, 0.2) is 89.9 Å². The van der Waals surface area contributed by atoms with Crippen molar-refractivity contribution in [1.29, 1.82) is 0 Å². The number of fused-ring (bicyclic) bond motifs is 2. The molecule has 0 radical (unpaired) electrons. The van der Waals surface area contributed by atoms with Crippen LogP contribution in [0.3, 0.4) is 0 Å². The molecule has 4 aromatic carbocycles. The van der Waals surface area contributed by atoms with Gasteiger partial charge in [0.1, 0.15) is 0 Å². The summed E-state index contributed by atoms with van der Waals surface area (Å²) < 4.78 is 40.9. The van der Waals surface area contributed by atoms with Gasteiger partial charge in [-0.3, -0.25) is 0 Å². The maximum atomic E-state index is 13.6. The van der Waals surface area contributed by atoms with Crippen molar-refractivity contribution >= 4 is 44.2 Å². The van der Waals surface area contributed by atoms with Crippen LogP contribution in [-0.4, -0.2) is 11.2 Å². The van der Waals surface area contributed by atoms with E-state index in [4.69, 9.17) is 0 Å². The smallest absolute Gasteiger partial charge is 0.227 e. The van der Waals surface area contributed by atoms with E-state index in [0.29, 0.717) is 5.56 Å². The normalized spacial score (nSPS) is 12.2. The summed E-state index contributed by atoms with van der Waals surface area (Å²) in [5.41, 5.74) is 0.432. The zero-order chi connectivity index (χ0) is 21.4. The summed E-state index contributed by atoms with van der Waals surface area (Å²) in [6.07, 6.45) is -2.93. The van der Waals surface area contributed by atoms with Gasteiger partial charge in [0.15, 0.2) is 5.69 Å². The molecule has 31 heavy (non-hydrogen) atoms. The molecule has 1 aromatic heterocycles. The molecule has 0 N–H and O–H groups in total. The summed E-state index contributed by atoms with van der Waals surface area (Å²) in [4.78, 5) is 8.28. The minimum absolute atomic E-state index is 0.0722. The van der Waals surface area contributed by atoms with Crippen molar-refractivity contribution in [2.45, 2.75) is 6.18 Å². The number of benzene rings is 4. The second-order valence-corrected chi connectivity index (χ2v) is 8.01. The van der Waals surface area contributed by atoms with Gasteiger partial charge in [-0.15, -0.1) is 0 Å². The summed E-state index contributed by atoms with van der Waals surface area (Å²) in [5, 5.41) is 4.13. The third kappa shape index (κ3) is 3.70. The highest BCUT2D eigenvalue weighted by molar-refractivity contribution is 7.18. The lowest BCUT2D eigenvalue weighted by atomic mass is 9.97. The number of alkyl halides is 3. The van der Waals surface area contributed by atoms with Crippen molar-refractivity contribution in [1.82, 2.24) is 4.98 Å². The third-order valence-electron chi connectivity index (χ3n) is 5.04. The molecule has 0 aliphatic heterocycles. The highest BCUT2D eigenvalue weighted by atomic mass is 32.1. The lowest BCUT2D eigenvalue weighted by Gasteiger charge is -2.07. The molecule has 0 aliphatic carbocycles. The first-order chi connectivity index (χ1) is 15.0. The molecule has 0 atom stereocenters. The Balaban J connectivity index is 1.66. The fourth-order valence-corrected chi connectivity index (χ4v) is 4.59. The van der Waals surface area contributed by atoms with Gasteiger partial charge in [0, 0.05) is 11.8 Å². The summed E-state index contributed by atoms with van der Waals surface area (Å²) in [6, 6.07) is 26.4. The average molecular weight is 432 g/mol.